The largest absolute Gasteiger partial charge is 0.360 e. The van der Waals surface area contributed by atoms with Crippen LogP contribution in [0.4, 0.5) is 0 Å². The van der Waals surface area contributed by atoms with Crippen molar-refractivity contribution in [3.05, 3.63) is 46.8 Å². The second-order valence-corrected chi connectivity index (χ2v) is 10.7. The summed E-state index contributed by atoms with van der Waals surface area (Å²) in [6.07, 6.45) is 1.35. The molecular weight excluding hydrogens is 422 g/mol. The number of carbonyl (C=O) groups is 1. The molecule has 0 unspecified atom stereocenters. The molecule has 1 amide bonds. The van der Waals surface area contributed by atoms with E-state index in [1.807, 2.05) is 0 Å². The summed E-state index contributed by atoms with van der Waals surface area (Å²) in [5.74, 6) is 1.58. The molecule has 0 radical (unpaired) electrons. The van der Waals surface area contributed by atoms with Gasteiger partial charge in [0, 0.05) is 31.1 Å². The van der Waals surface area contributed by atoms with Crippen molar-refractivity contribution in [1.29, 1.82) is 0 Å². The lowest BCUT2D eigenvalue weighted by atomic mass is 9.99. The Hall–Kier alpha value is -1.84. The maximum Gasteiger partial charge on any atom is 0.248 e. The van der Waals surface area contributed by atoms with E-state index in [4.69, 9.17) is 4.52 Å². The molecule has 1 aliphatic rings. The fourth-order valence-electron chi connectivity index (χ4n) is 3.61. The second-order valence-electron chi connectivity index (χ2n) is 7.68. The highest BCUT2D eigenvalue weighted by molar-refractivity contribution is 7.98. The van der Waals surface area contributed by atoms with Crippen LogP contribution in [0, 0.1) is 26.7 Å². The van der Waals surface area contributed by atoms with E-state index in [1.165, 1.54) is 15.4 Å². The molecule has 164 valence electrons. The average Bonchev–Trinajstić information content (AvgIpc) is 3.08. The van der Waals surface area contributed by atoms with Crippen LogP contribution in [0.25, 0.3) is 0 Å². The van der Waals surface area contributed by atoms with Crippen molar-refractivity contribution in [2.24, 2.45) is 5.92 Å². The van der Waals surface area contributed by atoms with E-state index < -0.39 is 10.0 Å². The lowest BCUT2D eigenvalue weighted by molar-refractivity contribution is -0.125. The molecule has 0 saturated carbocycles. The van der Waals surface area contributed by atoms with Gasteiger partial charge in [-0.1, -0.05) is 35.0 Å². The predicted molar refractivity (Wildman–Crippen MR) is 118 cm³/mol. The molecule has 1 aliphatic heterocycles. The molecule has 1 fully saturated rings. The van der Waals surface area contributed by atoms with Gasteiger partial charge in [-0.2, -0.15) is 16.1 Å². The monoisotopic (exact) mass is 451 g/mol. The van der Waals surface area contributed by atoms with Gasteiger partial charge in [-0.05, 0) is 39.2 Å². The molecule has 1 saturated heterocycles. The van der Waals surface area contributed by atoms with Crippen LogP contribution in [0.15, 0.2) is 33.7 Å². The van der Waals surface area contributed by atoms with Gasteiger partial charge in [0.05, 0.1) is 5.92 Å². The molecule has 0 bridgehead atoms. The smallest absolute Gasteiger partial charge is 0.248 e. The minimum absolute atomic E-state index is 0.0791. The Morgan fingerprint density at radius 2 is 2.00 bits per heavy atom. The Morgan fingerprint density at radius 1 is 1.27 bits per heavy atom. The topological polar surface area (TPSA) is 92.5 Å². The lowest BCUT2D eigenvalue weighted by Gasteiger charge is -2.31. The van der Waals surface area contributed by atoms with Crippen molar-refractivity contribution in [3.8, 4) is 0 Å². The first-order chi connectivity index (χ1) is 14.3. The van der Waals surface area contributed by atoms with Crippen LogP contribution >= 0.6 is 11.8 Å². The Kier molecular flexibility index (Phi) is 7.60. The molecule has 1 N–H and O–H groups in total. The van der Waals surface area contributed by atoms with E-state index in [2.05, 4.69) is 41.7 Å². The normalized spacial score (nSPS) is 17.8. The van der Waals surface area contributed by atoms with Gasteiger partial charge in [0.2, 0.25) is 15.9 Å². The van der Waals surface area contributed by atoms with Gasteiger partial charge >= 0.3 is 0 Å². The number of benzene rings is 1. The maximum atomic E-state index is 13.0. The summed E-state index contributed by atoms with van der Waals surface area (Å²) in [5, 5.41) is 6.72. The highest BCUT2D eigenvalue weighted by atomic mass is 32.2. The Morgan fingerprint density at radius 3 is 2.67 bits per heavy atom. The zero-order valence-electron chi connectivity index (χ0n) is 17.7. The Balaban J connectivity index is 1.48. The number of rotatable bonds is 8. The minimum Gasteiger partial charge on any atom is -0.360 e. The van der Waals surface area contributed by atoms with E-state index in [9.17, 15) is 13.2 Å². The average molecular weight is 452 g/mol. The van der Waals surface area contributed by atoms with Crippen LogP contribution < -0.4 is 5.32 Å². The predicted octanol–water partition coefficient (Wildman–Crippen LogP) is 3.05. The van der Waals surface area contributed by atoms with Gasteiger partial charge < -0.3 is 9.84 Å². The third-order valence-electron chi connectivity index (χ3n) is 5.26. The Bertz CT molecular complexity index is 951. The van der Waals surface area contributed by atoms with E-state index >= 15 is 0 Å². The Labute approximate surface area is 182 Å². The molecule has 2 aromatic rings. The molecule has 3 rings (SSSR count). The molecule has 2 heterocycles. The van der Waals surface area contributed by atoms with Crippen molar-refractivity contribution in [3.63, 3.8) is 0 Å². The third-order valence-corrected chi connectivity index (χ3v) is 8.40. The summed E-state index contributed by atoms with van der Waals surface area (Å²) in [4.78, 5) is 12.7. The minimum atomic E-state index is -3.72. The fraction of sp³-hybridized carbons (Fsp3) is 0.524. The second kappa shape index (κ2) is 9.98. The molecule has 7 nitrogen and oxygen atoms in total. The standard InChI is InChI=1S/C21H29N3O4S2/c1-15-6-8-18(9-7-15)14-29-12-10-22-21(25)19-5-4-11-24(13-19)30(26,27)20-16(2)23-28-17(20)3/h6-9,19H,4-5,10-14H2,1-3H3,(H,22,25)/t19-/m1/s1. The number of aromatic nitrogens is 1. The number of amides is 1. The molecular formula is C21H29N3O4S2. The summed E-state index contributed by atoms with van der Waals surface area (Å²) in [6, 6.07) is 8.44. The third kappa shape index (κ3) is 5.44. The van der Waals surface area contributed by atoms with Crippen LogP contribution in [-0.2, 0) is 20.6 Å². The molecule has 1 atom stereocenters. The van der Waals surface area contributed by atoms with Crippen molar-refractivity contribution < 1.29 is 17.7 Å². The van der Waals surface area contributed by atoms with E-state index in [0.29, 0.717) is 31.6 Å². The van der Waals surface area contributed by atoms with Crippen molar-refractivity contribution in [1.82, 2.24) is 14.8 Å². The first-order valence-corrected chi connectivity index (χ1v) is 12.7. The number of thioether (sulfide) groups is 1. The van der Waals surface area contributed by atoms with Crippen LogP contribution in [0.3, 0.4) is 0 Å². The number of nitrogens with one attached hydrogen (secondary N) is 1. The molecule has 0 aliphatic carbocycles. The molecule has 30 heavy (non-hydrogen) atoms. The van der Waals surface area contributed by atoms with Crippen LogP contribution in [0.5, 0.6) is 0 Å². The quantitative estimate of drug-likeness (QED) is 0.620. The summed E-state index contributed by atoms with van der Waals surface area (Å²) >= 11 is 1.77. The number of piperidine rings is 1. The van der Waals surface area contributed by atoms with Gasteiger partial charge in [-0.15, -0.1) is 0 Å². The number of carbonyl (C=O) groups excluding carboxylic acids is 1. The fourth-order valence-corrected chi connectivity index (χ4v) is 6.25. The molecule has 9 heteroatoms. The summed E-state index contributed by atoms with van der Waals surface area (Å²) in [7, 11) is -3.72. The number of hydrogen-bond acceptors (Lipinski definition) is 6. The van der Waals surface area contributed by atoms with Gasteiger partial charge in [0.15, 0.2) is 5.76 Å². The van der Waals surface area contributed by atoms with Crippen molar-refractivity contribution >= 4 is 27.7 Å². The summed E-state index contributed by atoms with van der Waals surface area (Å²) < 4.78 is 32.4. The highest BCUT2D eigenvalue weighted by Crippen LogP contribution is 2.27. The van der Waals surface area contributed by atoms with Crippen molar-refractivity contribution in [2.75, 3.05) is 25.4 Å². The zero-order chi connectivity index (χ0) is 21.7. The van der Waals surface area contributed by atoms with Gasteiger partial charge in [-0.3, -0.25) is 4.79 Å². The van der Waals surface area contributed by atoms with Gasteiger partial charge in [0.1, 0.15) is 10.6 Å². The van der Waals surface area contributed by atoms with Crippen LogP contribution in [0.1, 0.15) is 35.4 Å². The maximum absolute atomic E-state index is 13.0. The van der Waals surface area contributed by atoms with Gasteiger partial charge in [-0.25, -0.2) is 8.42 Å². The molecule has 1 aromatic heterocycles. The summed E-state index contributed by atoms with van der Waals surface area (Å²) in [5.41, 5.74) is 2.86. The number of sulfonamides is 1. The van der Waals surface area contributed by atoms with E-state index in [-0.39, 0.29) is 29.0 Å². The van der Waals surface area contributed by atoms with Crippen molar-refractivity contribution in [2.45, 2.75) is 44.3 Å². The lowest BCUT2D eigenvalue weighted by Crippen LogP contribution is -2.45. The molecule has 0 spiro atoms. The zero-order valence-corrected chi connectivity index (χ0v) is 19.3. The highest BCUT2D eigenvalue weighted by Gasteiger charge is 2.36. The van der Waals surface area contributed by atoms with Gasteiger partial charge in [0.25, 0.3) is 0 Å². The number of hydrogen-bond donors (Lipinski definition) is 1. The van der Waals surface area contributed by atoms with E-state index in [1.54, 1.807) is 25.6 Å². The molecule has 1 aromatic carbocycles. The summed E-state index contributed by atoms with van der Waals surface area (Å²) in [6.45, 7) is 6.44. The first kappa shape index (κ1) is 22.8. The van der Waals surface area contributed by atoms with Crippen LogP contribution in [0.2, 0.25) is 0 Å². The number of nitrogens with zero attached hydrogens (tertiary/aromatic N) is 2. The van der Waals surface area contributed by atoms with E-state index in [0.717, 1.165) is 11.5 Å². The first-order valence-electron chi connectivity index (χ1n) is 10.1. The SMILES string of the molecule is Cc1ccc(CSCCNC(=O)[C@@H]2CCCN(S(=O)(=O)c3c(C)noc3C)C2)cc1. The number of aryl methyl sites for hydroxylation is 3. The van der Waals surface area contributed by atoms with Crippen LogP contribution in [-0.4, -0.2) is 49.2 Å².